The van der Waals surface area contributed by atoms with Gasteiger partial charge < -0.3 is 21.1 Å². The fraction of sp³-hybridized carbons (Fsp3) is 0.429. The average Bonchev–Trinajstić information content (AvgIpc) is 2.46. The second kappa shape index (κ2) is 9.06. The van der Waals surface area contributed by atoms with Gasteiger partial charge in [0.25, 0.3) is 0 Å². The number of nitrogens with one attached hydrogen (secondary N) is 2. The summed E-state index contributed by atoms with van der Waals surface area (Å²) < 4.78 is 4.80. The normalized spacial score (nSPS) is 10.1. The molecule has 0 saturated heterocycles. The molecule has 0 fully saturated rings. The van der Waals surface area contributed by atoms with E-state index >= 15 is 0 Å². The van der Waals surface area contributed by atoms with Gasteiger partial charge >= 0.3 is 0 Å². The zero-order valence-corrected chi connectivity index (χ0v) is 11.6. The van der Waals surface area contributed by atoms with Crippen LogP contribution in [0.1, 0.15) is 11.1 Å². The lowest BCUT2D eigenvalue weighted by Gasteiger charge is -2.07. The first kappa shape index (κ1) is 16.1. The van der Waals surface area contributed by atoms with E-state index in [-0.39, 0.29) is 24.8 Å². The van der Waals surface area contributed by atoms with Crippen molar-refractivity contribution in [1.82, 2.24) is 10.6 Å². The van der Waals surface area contributed by atoms with E-state index in [1.807, 2.05) is 24.3 Å². The molecule has 0 aliphatic rings. The predicted octanol–water partition coefficient (Wildman–Crippen LogP) is -0.433. The highest BCUT2D eigenvalue weighted by Gasteiger charge is 2.06. The molecule has 0 heterocycles. The molecule has 1 aromatic carbocycles. The van der Waals surface area contributed by atoms with Gasteiger partial charge in [-0.05, 0) is 11.1 Å². The molecule has 0 aromatic heterocycles. The first-order valence-electron chi connectivity index (χ1n) is 6.46. The van der Waals surface area contributed by atoms with Crippen molar-refractivity contribution in [3.63, 3.8) is 0 Å². The zero-order valence-electron chi connectivity index (χ0n) is 11.6. The van der Waals surface area contributed by atoms with Crippen molar-refractivity contribution in [1.29, 1.82) is 0 Å². The van der Waals surface area contributed by atoms with E-state index < -0.39 is 0 Å². The van der Waals surface area contributed by atoms with Crippen molar-refractivity contribution >= 4 is 11.8 Å². The highest BCUT2D eigenvalue weighted by molar-refractivity contribution is 5.85. The maximum atomic E-state index is 11.7. The van der Waals surface area contributed by atoms with E-state index in [0.717, 1.165) is 11.1 Å². The molecule has 0 unspecified atom stereocenters. The van der Waals surface area contributed by atoms with Gasteiger partial charge in [-0.3, -0.25) is 9.59 Å². The minimum absolute atomic E-state index is 0.0244. The van der Waals surface area contributed by atoms with Gasteiger partial charge in [0.05, 0.1) is 19.6 Å². The number of hydrogen-bond acceptors (Lipinski definition) is 4. The number of carbonyl (C=O) groups excluding carboxylic acids is 2. The Morgan fingerprint density at radius 3 is 2.35 bits per heavy atom. The summed E-state index contributed by atoms with van der Waals surface area (Å²) in [6.45, 7) is 1.34. The first-order chi connectivity index (χ1) is 9.65. The third kappa shape index (κ3) is 6.31. The number of methoxy groups -OCH3 is 1. The van der Waals surface area contributed by atoms with Gasteiger partial charge in [-0.2, -0.15) is 0 Å². The van der Waals surface area contributed by atoms with E-state index in [4.69, 9.17) is 10.5 Å². The van der Waals surface area contributed by atoms with Crippen LogP contribution in [0, 0.1) is 0 Å². The number of carbonyl (C=O) groups is 2. The Labute approximate surface area is 118 Å². The van der Waals surface area contributed by atoms with Crippen LogP contribution in [0.15, 0.2) is 24.3 Å². The standard InChI is InChI=1S/C14H21N3O3/c1-20-7-6-16-14(19)10-17-13(18)8-11-2-4-12(9-15)5-3-11/h2-5H,6-10,15H2,1H3,(H,16,19)(H,17,18). The summed E-state index contributed by atoms with van der Waals surface area (Å²) in [7, 11) is 1.56. The number of ether oxygens (including phenoxy) is 1. The highest BCUT2D eigenvalue weighted by atomic mass is 16.5. The molecule has 4 N–H and O–H groups in total. The van der Waals surface area contributed by atoms with E-state index in [1.54, 1.807) is 7.11 Å². The molecule has 6 nitrogen and oxygen atoms in total. The van der Waals surface area contributed by atoms with E-state index in [0.29, 0.717) is 19.7 Å². The summed E-state index contributed by atoms with van der Waals surface area (Å²) in [5.41, 5.74) is 7.41. The maximum absolute atomic E-state index is 11.7. The molecule has 0 radical (unpaired) electrons. The summed E-state index contributed by atoms with van der Waals surface area (Å²) in [6.07, 6.45) is 0.246. The minimum atomic E-state index is -0.228. The number of rotatable bonds is 8. The molecule has 0 atom stereocenters. The van der Waals surface area contributed by atoms with Gasteiger partial charge in [0.1, 0.15) is 0 Å². The smallest absolute Gasteiger partial charge is 0.239 e. The van der Waals surface area contributed by atoms with E-state index in [2.05, 4.69) is 10.6 Å². The Morgan fingerprint density at radius 2 is 1.75 bits per heavy atom. The molecular weight excluding hydrogens is 258 g/mol. The van der Waals surface area contributed by atoms with Gasteiger partial charge in [-0.25, -0.2) is 0 Å². The van der Waals surface area contributed by atoms with Crippen molar-refractivity contribution in [3.8, 4) is 0 Å². The van der Waals surface area contributed by atoms with E-state index in [9.17, 15) is 9.59 Å². The monoisotopic (exact) mass is 279 g/mol. The minimum Gasteiger partial charge on any atom is -0.383 e. The molecule has 20 heavy (non-hydrogen) atoms. The predicted molar refractivity (Wildman–Crippen MR) is 75.9 cm³/mol. The largest absolute Gasteiger partial charge is 0.383 e. The fourth-order valence-corrected chi connectivity index (χ4v) is 1.57. The van der Waals surface area contributed by atoms with Crippen LogP contribution >= 0.6 is 0 Å². The van der Waals surface area contributed by atoms with Crippen LogP contribution in [0.4, 0.5) is 0 Å². The van der Waals surface area contributed by atoms with Crippen molar-refractivity contribution < 1.29 is 14.3 Å². The van der Waals surface area contributed by atoms with Gasteiger partial charge in [0, 0.05) is 20.2 Å². The van der Waals surface area contributed by atoms with Gasteiger partial charge in [-0.15, -0.1) is 0 Å². The van der Waals surface area contributed by atoms with Crippen molar-refractivity contribution in [2.75, 3.05) is 26.8 Å². The molecular formula is C14H21N3O3. The lowest BCUT2D eigenvalue weighted by atomic mass is 10.1. The lowest BCUT2D eigenvalue weighted by Crippen LogP contribution is -2.38. The van der Waals surface area contributed by atoms with Gasteiger partial charge in [0.2, 0.25) is 11.8 Å². The summed E-state index contributed by atoms with van der Waals surface area (Å²) in [5, 5.41) is 5.20. The summed E-state index contributed by atoms with van der Waals surface area (Å²) >= 11 is 0. The van der Waals surface area contributed by atoms with Gasteiger partial charge in [-0.1, -0.05) is 24.3 Å². The quantitative estimate of drug-likeness (QED) is 0.563. The summed E-state index contributed by atoms with van der Waals surface area (Å²) in [5.74, 6) is -0.415. The second-order valence-corrected chi connectivity index (χ2v) is 4.32. The summed E-state index contributed by atoms with van der Waals surface area (Å²) in [4.78, 5) is 23.0. The highest BCUT2D eigenvalue weighted by Crippen LogP contribution is 2.04. The number of hydrogen-bond donors (Lipinski definition) is 3. The Hall–Kier alpha value is -1.92. The molecule has 0 saturated carbocycles. The second-order valence-electron chi connectivity index (χ2n) is 4.32. The fourth-order valence-electron chi connectivity index (χ4n) is 1.57. The zero-order chi connectivity index (χ0) is 14.8. The molecule has 2 amide bonds. The summed E-state index contributed by atoms with van der Waals surface area (Å²) in [6, 6.07) is 7.50. The van der Waals surface area contributed by atoms with Crippen molar-refractivity contribution in [2.24, 2.45) is 5.73 Å². The van der Waals surface area contributed by atoms with Crippen LogP contribution in [0.3, 0.4) is 0 Å². The number of nitrogens with two attached hydrogens (primary N) is 1. The van der Waals surface area contributed by atoms with Crippen LogP contribution in [0.25, 0.3) is 0 Å². The topological polar surface area (TPSA) is 93.5 Å². The molecule has 1 aromatic rings. The van der Waals surface area contributed by atoms with Crippen LogP contribution in [-0.2, 0) is 27.3 Å². The Morgan fingerprint density at radius 1 is 1.10 bits per heavy atom. The first-order valence-corrected chi connectivity index (χ1v) is 6.46. The van der Waals surface area contributed by atoms with Crippen molar-refractivity contribution in [2.45, 2.75) is 13.0 Å². The Bertz CT molecular complexity index is 432. The van der Waals surface area contributed by atoms with Crippen LogP contribution in [-0.4, -0.2) is 38.6 Å². The van der Waals surface area contributed by atoms with Crippen LogP contribution in [0.2, 0.25) is 0 Å². The molecule has 110 valence electrons. The average molecular weight is 279 g/mol. The number of benzene rings is 1. The SMILES string of the molecule is COCCNC(=O)CNC(=O)Cc1ccc(CN)cc1. The maximum Gasteiger partial charge on any atom is 0.239 e. The molecule has 0 aliphatic carbocycles. The molecule has 1 rings (SSSR count). The molecule has 0 spiro atoms. The third-order valence-electron chi connectivity index (χ3n) is 2.70. The number of amides is 2. The molecule has 6 heteroatoms. The Kier molecular flexibility index (Phi) is 7.31. The van der Waals surface area contributed by atoms with Gasteiger partial charge in [0.15, 0.2) is 0 Å². The molecule has 0 aliphatic heterocycles. The Balaban J connectivity index is 2.27. The lowest BCUT2D eigenvalue weighted by molar-refractivity contribution is -0.125. The van der Waals surface area contributed by atoms with Crippen molar-refractivity contribution in [3.05, 3.63) is 35.4 Å². The molecule has 0 bridgehead atoms. The third-order valence-corrected chi connectivity index (χ3v) is 2.70. The van der Waals surface area contributed by atoms with Crippen LogP contribution in [0.5, 0.6) is 0 Å². The van der Waals surface area contributed by atoms with E-state index in [1.165, 1.54) is 0 Å². The van der Waals surface area contributed by atoms with Crippen LogP contribution < -0.4 is 16.4 Å².